The Hall–Kier alpha value is -2.80. The van der Waals surface area contributed by atoms with E-state index in [-0.39, 0.29) is 5.91 Å². The summed E-state index contributed by atoms with van der Waals surface area (Å²) in [6.45, 7) is 5.33. The first-order chi connectivity index (χ1) is 12.0. The van der Waals surface area contributed by atoms with Crippen LogP contribution in [0.3, 0.4) is 0 Å². The summed E-state index contributed by atoms with van der Waals surface area (Å²) in [6.07, 6.45) is 3.28. The van der Waals surface area contributed by atoms with Gasteiger partial charge in [0.1, 0.15) is 13.1 Å². The van der Waals surface area contributed by atoms with Gasteiger partial charge in [-0.05, 0) is 38.1 Å². The molecule has 3 aromatic rings. The van der Waals surface area contributed by atoms with E-state index in [0.717, 1.165) is 33.5 Å². The molecule has 132 valence electrons. The zero-order valence-electron chi connectivity index (χ0n) is 14.7. The van der Waals surface area contributed by atoms with E-state index in [1.807, 2.05) is 45.2 Å². The third-order valence-electron chi connectivity index (χ3n) is 4.19. The van der Waals surface area contributed by atoms with Gasteiger partial charge >= 0.3 is 0 Å². The van der Waals surface area contributed by atoms with Crippen molar-refractivity contribution >= 4 is 11.6 Å². The molecule has 7 nitrogen and oxygen atoms in total. The highest BCUT2D eigenvalue weighted by atomic mass is 16.3. The molecule has 3 heterocycles. The number of aryl methyl sites for hydroxylation is 2. The van der Waals surface area contributed by atoms with Crippen LogP contribution in [0.15, 0.2) is 45.6 Å². The van der Waals surface area contributed by atoms with Crippen LogP contribution in [-0.4, -0.2) is 22.2 Å². The molecule has 0 saturated carbocycles. The Morgan fingerprint density at radius 1 is 1.16 bits per heavy atom. The van der Waals surface area contributed by atoms with Gasteiger partial charge in [0, 0.05) is 7.05 Å². The number of aromatic nitrogens is 2. The van der Waals surface area contributed by atoms with Gasteiger partial charge in [0.15, 0.2) is 18.1 Å². The van der Waals surface area contributed by atoms with Crippen molar-refractivity contribution in [3.63, 3.8) is 0 Å². The van der Waals surface area contributed by atoms with E-state index in [4.69, 9.17) is 8.83 Å². The molecule has 0 aliphatic carbocycles. The largest absolute Gasteiger partial charge is 0.463 e. The predicted octanol–water partition coefficient (Wildman–Crippen LogP) is 1.45. The van der Waals surface area contributed by atoms with Crippen molar-refractivity contribution in [2.24, 2.45) is 7.05 Å². The van der Waals surface area contributed by atoms with Crippen molar-refractivity contribution in [3.8, 4) is 0 Å². The fourth-order valence-corrected chi connectivity index (χ4v) is 2.87. The average molecular weight is 343 g/mol. The molecule has 0 aliphatic rings. The summed E-state index contributed by atoms with van der Waals surface area (Å²) in [5, 5.41) is 7.31. The molecule has 0 fully saturated rings. The molecule has 0 spiro atoms. The number of rotatable bonds is 7. The zero-order valence-corrected chi connectivity index (χ0v) is 14.7. The fraction of sp³-hybridized carbons (Fsp3) is 0.333. The lowest BCUT2D eigenvalue weighted by Crippen LogP contribution is -3.10. The van der Waals surface area contributed by atoms with Crippen LogP contribution in [0.25, 0.3) is 0 Å². The van der Waals surface area contributed by atoms with Crippen molar-refractivity contribution in [2.75, 3.05) is 11.9 Å². The van der Waals surface area contributed by atoms with Crippen LogP contribution in [0.1, 0.15) is 22.9 Å². The molecule has 0 aliphatic heterocycles. The lowest BCUT2D eigenvalue weighted by molar-refractivity contribution is -0.921. The van der Waals surface area contributed by atoms with Gasteiger partial charge in [0.2, 0.25) is 0 Å². The number of nitrogens with zero attached hydrogens (tertiary/aromatic N) is 2. The molecule has 0 saturated heterocycles. The minimum absolute atomic E-state index is 0.0627. The summed E-state index contributed by atoms with van der Waals surface area (Å²) < 4.78 is 12.6. The van der Waals surface area contributed by atoms with Crippen molar-refractivity contribution < 1.29 is 18.5 Å². The highest BCUT2D eigenvalue weighted by Crippen LogP contribution is 2.17. The Kier molecular flexibility index (Phi) is 5.04. The van der Waals surface area contributed by atoms with Crippen LogP contribution in [0.2, 0.25) is 0 Å². The molecule has 0 aromatic carbocycles. The second-order valence-electron chi connectivity index (χ2n) is 6.16. The van der Waals surface area contributed by atoms with Crippen LogP contribution in [0.5, 0.6) is 0 Å². The normalized spacial score (nSPS) is 11.2. The minimum atomic E-state index is -0.0627. The Labute approximate surface area is 146 Å². The SMILES string of the molecule is Cc1nn(C)c(C)c1NC(=O)C[NH+](Cc1ccco1)Cc1ccco1. The van der Waals surface area contributed by atoms with Gasteiger partial charge in [-0.2, -0.15) is 5.10 Å². The maximum absolute atomic E-state index is 12.6. The smallest absolute Gasteiger partial charge is 0.279 e. The van der Waals surface area contributed by atoms with Crippen molar-refractivity contribution in [1.82, 2.24) is 9.78 Å². The van der Waals surface area contributed by atoms with Gasteiger partial charge in [-0.25, -0.2) is 0 Å². The number of furan rings is 2. The van der Waals surface area contributed by atoms with E-state index in [1.165, 1.54) is 0 Å². The van der Waals surface area contributed by atoms with Gasteiger partial charge in [-0.3, -0.25) is 9.48 Å². The number of nitrogens with one attached hydrogen (secondary N) is 2. The monoisotopic (exact) mass is 343 g/mol. The number of hydrogen-bond acceptors (Lipinski definition) is 4. The highest BCUT2D eigenvalue weighted by Gasteiger charge is 2.20. The first kappa shape index (κ1) is 17.0. The van der Waals surface area contributed by atoms with Gasteiger partial charge in [0.05, 0.1) is 29.6 Å². The molecule has 0 unspecified atom stereocenters. The molecule has 2 N–H and O–H groups in total. The third kappa shape index (κ3) is 4.19. The predicted molar refractivity (Wildman–Crippen MR) is 92.0 cm³/mol. The van der Waals surface area contributed by atoms with E-state index in [0.29, 0.717) is 19.6 Å². The van der Waals surface area contributed by atoms with E-state index in [1.54, 1.807) is 17.2 Å². The van der Waals surface area contributed by atoms with Crippen LogP contribution in [-0.2, 0) is 24.9 Å². The number of carbonyl (C=O) groups is 1. The highest BCUT2D eigenvalue weighted by molar-refractivity contribution is 5.92. The molecule has 3 rings (SSSR count). The van der Waals surface area contributed by atoms with Crippen LogP contribution >= 0.6 is 0 Å². The van der Waals surface area contributed by atoms with Crippen LogP contribution < -0.4 is 10.2 Å². The number of carbonyl (C=O) groups excluding carboxylic acids is 1. The first-order valence-corrected chi connectivity index (χ1v) is 8.21. The van der Waals surface area contributed by atoms with Gasteiger partial charge < -0.3 is 19.1 Å². The molecular weight excluding hydrogens is 320 g/mol. The van der Waals surface area contributed by atoms with E-state index < -0.39 is 0 Å². The maximum atomic E-state index is 12.6. The van der Waals surface area contributed by atoms with Crippen molar-refractivity contribution in [1.29, 1.82) is 0 Å². The summed E-state index contributed by atoms with van der Waals surface area (Å²) in [4.78, 5) is 13.6. The first-order valence-electron chi connectivity index (χ1n) is 8.21. The third-order valence-corrected chi connectivity index (χ3v) is 4.19. The topological polar surface area (TPSA) is 77.6 Å². The summed E-state index contributed by atoms with van der Waals surface area (Å²) in [6, 6.07) is 7.52. The minimum Gasteiger partial charge on any atom is -0.463 e. The second-order valence-corrected chi connectivity index (χ2v) is 6.16. The summed E-state index contributed by atoms with van der Waals surface area (Å²) in [5.74, 6) is 1.61. The Morgan fingerprint density at radius 2 is 1.76 bits per heavy atom. The second kappa shape index (κ2) is 7.40. The van der Waals surface area contributed by atoms with Crippen molar-refractivity contribution in [2.45, 2.75) is 26.9 Å². The van der Waals surface area contributed by atoms with E-state index >= 15 is 0 Å². The lowest BCUT2D eigenvalue weighted by atomic mass is 10.3. The fourth-order valence-electron chi connectivity index (χ4n) is 2.87. The molecule has 7 heteroatoms. The number of anilines is 1. The van der Waals surface area contributed by atoms with Gasteiger partial charge in [0.25, 0.3) is 5.91 Å². The Morgan fingerprint density at radius 3 is 2.20 bits per heavy atom. The standard InChI is InChI=1S/C18H22N4O3/c1-13-18(14(2)21(3)20-13)19-17(23)12-22(10-15-6-4-8-24-15)11-16-7-5-9-25-16/h4-9H,10-12H2,1-3H3,(H,19,23)/p+1. The Bertz CT molecular complexity index is 783. The van der Waals surface area contributed by atoms with E-state index in [2.05, 4.69) is 10.4 Å². The quantitative estimate of drug-likeness (QED) is 0.681. The van der Waals surface area contributed by atoms with Crippen LogP contribution in [0, 0.1) is 13.8 Å². The zero-order chi connectivity index (χ0) is 17.8. The van der Waals surface area contributed by atoms with Gasteiger partial charge in [-0.15, -0.1) is 0 Å². The Balaban J connectivity index is 1.69. The summed E-state index contributed by atoms with van der Waals surface area (Å²) in [5.41, 5.74) is 2.53. The molecule has 0 bridgehead atoms. The summed E-state index contributed by atoms with van der Waals surface area (Å²) >= 11 is 0. The van der Waals surface area contributed by atoms with Gasteiger partial charge in [-0.1, -0.05) is 0 Å². The summed E-state index contributed by atoms with van der Waals surface area (Å²) in [7, 11) is 1.86. The van der Waals surface area contributed by atoms with Crippen LogP contribution in [0.4, 0.5) is 5.69 Å². The molecule has 1 amide bonds. The average Bonchev–Trinajstić information content (AvgIpc) is 3.29. The molecule has 0 radical (unpaired) electrons. The molecule has 25 heavy (non-hydrogen) atoms. The number of quaternary nitrogens is 1. The number of amides is 1. The molecule has 3 aromatic heterocycles. The number of hydrogen-bond donors (Lipinski definition) is 2. The molecule has 0 atom stereocenters. The van der Waals surface area contributed by atoms with Crippen molar-refractivity contribution in [3.05, 3.63) is 59.7 Å². The molecular formula is C18H23N4O3+. The maximum Gasteiger partial charge on any atom is 0.279 e. The van der Waals surface area contributed by atoms with E-state index in [9.17, 15) is 4.79 Å². The lowest BCUT2D eigenvalue weighted by Gasteiger charge is -2.17.